The molecule has 0 radical (unpaired) electrons. The van der Waals surface area contributed by atoms with Gasteiger partial charge in [-0.1, -0.05) is 54.6 Å². The number of benzene rings is 2. The van der Waals surface area contributed by atoms with E-state index in [2.05, 4.69) is 15.2 Å². The first kappa shape index (κ1) is 20.0. The Morgan fingerprint density at radius 1 is 0.933 bits per heavy atom. The maximum atomic E-state index is 13.0. The molecule has 1 unspecified atom stereocenters. The summed E-state index contributed by atoms with van der Waals surface area (Å²) in [4.78, 5) is 19.9. The van der Waals surface area contributed by atoms with Gasteiger partial charge in [0, 0.05) is 31.4 Å². The fourth-order valence-corrected chi connectivity index (χ4v) is 3.65. The summed E-state index contributed by atoms with van der Waals surface area (Å²) < 4.78 is 6.01. The highest BCUT2D eigenvalue weighted by Crippen LogP contribution is 2.22. The quantitative estimate of drug-likeness (QED) is 0.633. The minimum atomic E-state index is -0.714. The van der Waals surface area contributed by atoms with Crippen LogP contribution < -0.4 is 15.0 Å². The van der Waals surface area contributed by atoms with Crippen LogP contribution in [0.5, 0.6) is 5.75 Å². The van der Waals surface area contributed by atoms with Crippen molar-refractivity contribution in [2.45, 2.75) is 31.9 Å². The normalized spacial score (nSPS) is 14.7. The fourth-order valence-electron chi connectivity index (χ4n) is 3.65. The van der Waals surface area contributed by atoms with Crippen molar-refractivity contribution in [3.63, 3.8) is 0 Å². The molecule has 1 amide bonds. The van der Waals surface area contributed by atoms with Crippen molar-refractivity contribution >= 4 is 11.7 Å². The number of pyridine rings is 1. The molecule has 1 saturated heterocycles. The van der Waals surface area contributed by atoms with E-state index in [1.807, 2.05) is 79.0 Å². The van der Waals surface area contributed by atoms with Crippen molar-refractivity contribution in [1.29, 1.82) is 0 Å². The van der Waals surface area contributed by atoms with Gasteiger partial charge in [0.25, 0.3) is 5.91 Å². The Morgan fingerprint density at radius 2 is 1.63 bits per heavy atom. The molecule has 0 aliphatic carbocycles. The van der Waals surface area contributed by atoms with Crippen LogP contribution in [0.25, 0.3) is 0 Å². The lowest BCUT2D eigenvalue weighted by atomic mass is 10.1. The molecule has 5 nitrogen and oxygen atoms in total. The summed E-state index contributed by atoms with van der Waals surface area (Å²) in [6.07, 6.45) is 4.88. The zero-order valence-corrected chi connectivity index (χ0v) is 17.0. The monoisotopic (exact) mass is 401 g/mol. The average molecular weight is 402 g/mol. The summed E-state index contributed by atoms with van der Waals surface area (Å²) in [5, 5.41) is 3.00. The average Bonchev–Trinajstić information content (AvgIpc) is 2.83. The third kappa shape index (κ3) is 5.17. The Hall–Kier alpha value is -3.34. The summed E-state index contributed by atoms with van der Waals surface area (Å²) in [5.74, 6) is 1.50. The molecule has 1 aromatic heterocycles. The van der Waals surface area contributed by atoms with E-state index in [0.717, 1.165) is 30.0 Å². The molecule has 30 heavy (non-hydrogen) atoms. The highest BCUT2D eigenvalue weighted by Gasteiger charge is 2.22. The smallest absolute Gasteiger partial charge is 0.266 e. The largest absolute Gasteiger partial charge is 0.476 e. The van der Waals surface area contributed by atoms with Crippen LogP contribution in [0.15, 0.2) is 79.0 Å². The Morgan fingerprint density at radius 3 is 2.30 bits per heavy atom. The molecule has 5 heteroatoms. The van der Waals surface area contributed by atoms with Crippen LogP contribution in [0.4, 0.5) is 5.82 Å². The number of hydrogen-bond acceptors (Lipinski definition) is 4. The minimum Gasteiger partial charge on any atom is -0.476 e. The van der Waals surface area contributed by atoms with Crippen LogP contribution in [0, 0.1) is 0 Å². The van der Waals surface area contributed by atoms with E-state index in [4.69, 9.17) is 4.74 Å². The molecule has 1 fully saturated rings. The summed E-state index contributed by atoms with van der Waals surface area (Å²) in [5.41, 5.74) is 1.79. The Balaban J connectivity index is 1.41. The molecule has 0 bridgehead atoms. The number of piperidine rings is 1. The number of aromatic nitrogens is 1. The second-order valence-electron chi connectivity index (χ2n) is 7.51. The molecule has 1 aliphatic rings. The number of ether oxygens (including phenoxy) is 1. The van der Waals surface area contributed by atoms with Gasteiger partial charge in [0.2, 0.25) is 6.10 Å². The van der Waals surface area contributed by atoms with Gasteiger partial charge in [-0.3, -0.25) is 4.79 Å². The second kappa shape index (κ2) is 9.92. The van der Waals surface area contributed by atoms with Gasteiger partial charge >= 0.3 is 0 Å². The SMILES string of the molecule is O=C(NCc1ccc(N2CCCCC2)nc1)C(Oc1ccccc1)c1ccccc1. The van der Waals surface area contributed by atoms with Gasteiger partial charge in [-0.25, -0.2) is 4.98 Å². The van der Waals surface area contributed by atoms with Gasteiger partial charge in [-0.05, 0) is 43.0 Å². The molecule has 0 spiro atoms. The number of nitrogens with zero attached hydrogens (tertiary/aromatic N) is 2. The highest BCUT2D eigenvalue weighted by atomic mass is 16.5. The topological polar surface area (TPSA) is 54.5 Å². The van der Waals surface area contributed by atoms with Crippen LogP contribution >= 0.6 is 0 Å². The lowest BCUT2D eigenvalue weighted by molar-refractivity contribution is -0.128. The lowest BCUT2D eigenvalue weighted by Crippen LogP contribution is -2.32. The minimum absolute atomic E-state index is 0.176. The molecular weight excluding hydrogens is 374 g/mol. The molecule has 1 atom stereocenters. The zero-order chi connectivity index (χ0) is 20.6. The van der Waals surface area contributed by atoms with Crippen LogP contribution in [0.2, 0.25) is 0 Å². The first-order chi connectivity index (χ1) is 14.8. The predicted molar refractivity (Wildman–Crippen MR) is 118 cm³/mol. The fraction of sp³-hybridized carbons (Fsp3) is 0.280. The Kier molecular flexibility index (Phi) is 6.60. The van der Waals surface area contributed by atoms with Crippen LogP contribution in [0.1, 0.15) is 36.5 Å². The third-order valence-corrected chi connectivity index (χ3v) is 5.29. The number of nitrogens with one attached hydrogen (secondary N) is 1. The van der Waals surface area contributed by atoms with Gasteiger partial charge in [-0.2, -0.15) is 0 Å². The summed E-state index contributed by atoms with van der Waals surface area (Å²) in [6, 6.07) is 23.1. The molecule has 1 aliphatic heterocycles. The van der Waals surface area contributed by atoms with E-state index in [1.54, 1.807) is 0 Å². The number of amides is 1. The zero-order valence-electron chi connectivity index (χ0n) is 17.0. The van der Waals surface area contributed by atoms with Crippen molar-refractivity contribution in [2.24, 2.45) is 0 Å². The second-order valence-corrected chi connectivity index (χ2v) is 7.51. The van der Waals surface area contributed by atoms with Crippen molar-refractivity contribution < 1.29 is 9.53 Å². The van der Waals surface area contributed by atoms with Gasteiger partial charge in [0.1, 0.15) is 11.6 Å². The number of hydrogen-bond donors (Lipinski definition) is 1. The number of rotatable bonds is 7. The van der Waals surface area contributed by atoms with Gasteiger partial charge < -0.3 is 15.0 Å². The molecule has 154 valence electrons. The van der Waals surface area contributed by atoms with Crippen molar-refractivity contribution in [3.05, 3.63) is 90.1 Å². The van der Waals surface area contributed by atoms with Crippen LogP contribution in [-0.2, 0) is 11.3 Å². The Labute approximate surface area is 177 Å². The maximum Gasteiger partial charge on any atom is 0.266 e. The molecule has 1 N–H and O–H groups in total. The lowest BCUT2D eigenvalue weighted by Gasteiger charge is -2.27. The first-order valence-electron chi connectivity index (χ1n) is 10.5. The highest BCUT2D eigenvalue weighted by molar-refractivity contribution is 5.82. The predicted octanol–water partition coefficient (Wildman–Crippen LogP) is 4.51. The van der Waals surface area contributed by atoms with E-state index in [9.17, 15) is 4.79 Å². The van der Waals surface area contributed by atoms with Gasteiger partial charge in [0.05, 0.1) is 0 Å². The molecule has 2 aromatic carbocycles. The van der Waals surface area contributed by atoms with Gasteiger partial charge in [0.15, 0.2) is 0 Å². The molecule has 3 aromatic rings. The van der Waals surface area contributed by atoms with Crippen LogP contribution in [0.3, 0.4) is 0 Å². The summed E-state index contributed by atoms with van der Waals surface area (Å²) in [6.45, 7) is 2.55. The van der Waals surface area contributed by atoms with E-state index < -0.39 is 6.10 Å². The van der Waals surface area contributed by atoms with E-state index in [-0.39, 0.29) is 5.91 Å². The summed E-state index contributed by atoms with van der Waals surface area (Å²) in [7, 11) is 0. The number of carbonyl (C=O) groups is 1. The van der Waals surface area contributed by atoms with Crippen molar-refractivity contribution in [2.75, 3.05) is 18.0 Å². The van der Waals surface area contributed by atoms with E-state index >= 15 is 0 Å². The number of anilines is 1. The molecule has 2 heterocycles. The first-order valence-corrected chi connectivity index (χ1v) is 10.5. The summed E-state index contributed by atoms with van der Waals surface area (Å²) >= 11 is 0. The Bertz CT molecular complexity index is 924. The standard InChI is InChI=1S/C25H27N3O2/c29-25(24(21-10-4-1-5-11-21)30-22-12-6-2-7-13-22)27-19-20-14-15-23(26-18-20)28-16-8-3-9-17-28/h1-2,4-7,10-15,18,24H,3,8-9,16-17,19H2,(H,27,29). The number of carbonyl (C=O) groups excluding carboxylic acids is 1. The number of para-hydroxylation sites is 1. The third-order valence-electron chi connectivity index (χ3n) is 5.29. The molecule has 4 rings (SSSR count). The molecular formula is C25H27N3O2. The molecule has 0 saturated carbocycles. The van der Waals surface area contributed by atoms with Crippen molar-refractivity contribution in [1.82, 2.24) is 10.3 Å². The van der Waals surface area contributed by atoms with E-state index in [1.165, 1.54) is 19.3 Å². The van der Waals surface area contributed by atoms with E-state index in [0.29, 0.717) is 12.3 Å². The van der Waals surface area contributed by atoms with Crippen LogP contribution in [-0.4, -0.2) is 24.0 Å². The maximum absolute atomic E-state index is 13.0. The van der Waals surface area contributed by atoms with Crippen molar-refractivity contribution in [3.8, 4) is 5.75 Å². The van der Waals surface area contributed by atoms with Gasteiger partial charge in [-0.15, -0.1) is 0 Å².